The van der Waals surface area contributed by atoms with Gasteiger partial charge in [0.25, 0.3) is 17.7 Å². The lowest BCUT2D eigenvalue weighted by molar-refractivity contribution is -0.140. The number of nitrogens with zero attached hydrogens (tertiary/aromatic N) is 2. The third-order valence-corrected chi connectivity index (χ3v) is 8.01. The van der Waals surface area contributed by atoms with E-state index < -0.39 is 23.8 Å². The fraction of sp³-hybridized carbons (Fsp3) is 0.179. The van der Waals surface area contributed by atoms with Crippen LogP contribution in [0.3, 0.4) is 0 Å². The lowest BCUT2D eigenvalue weighted by atomic mass is 9.96. The molecule has 3 heterocycles. The molecule has 5 rings (SSSR count). The molecule has 0 fully saturated rings. The van der Waals surface area contributed by atoms with Gasteiger partial charge in [-0.2, -0.15) is 0 Å². The zero-order chi connectivity index (χ0) is 28.4. The maximum atomic E-state index is 13.2. The van der Waals surface area contributed by atoms with Crippen molar-refractivity contribution >= 4 is 75.4 Å². The van der Waals surface area contributed by atoms with Crippen molar-refractivity contribution < 1.29 is 28.3 Å². The number of amides is 3. The quantitative estimate of drug-likeness (QED) is 0.241. The number of rotatable bonds is 6. The number of benzene rings is 2. The predicted molar refractivity (Wildman–Crippen MR) is 152 cm³/mol. The van der Waals surface area contributed by atoms with Gasteiger partial charge < -0.3 is 19.4 Å². The molecule has 1 aliphatic rings. The molecule has 2 aromatic heterocycles. The van der Waals surface area contributed by atoms with Gasteiger partial charge in [0.15, 0.2) is 6.04 Å². The Hall–Kier alpha value is -3.99. The molecule has 0 spiro atoms. The Balaban J connectivity index is 1.34. The minimum Gasteiger partial charge on any atom is -0.467 e. The summed E-state index contributed by atoms with van der Waals surface area (Å²) in [7, 11) is 1.15. The van der Waals surface area contributed by atoms with Crippen molar-refractivity contribution in [2.75, 3.05) is 13.7 Å². The number of fused-ring (bicyclic) bond motifs is 2. The normalized spacial score (nSPS) is 13.7. The first kappa shape index (κ1) is 27.6. The number of hydrogen-bond acceptors (Lipinski definition) is 7. The largest absolute Gasteiger partial charge is 0.467 e. The number of hydrogen-bond donors (Lipinski definition) is 1. The lowest BCUT2D eigenvalue weighted by Crippen LogP contribution is -2.43. The van der Waals surface area contributed by atoms with Gasteiger partial charge in [-0.1, -0.05) is 35.3 Å². The van der Waals surface area contributed by atoms with Crippen molar-refractivity contribution in [1.82, 2.24) is 10.2 Å². The minimum absolute atomic E-state index is 0.0305. The Morgan fingerprint density at radius 1 is 1.18 bits per heavy atom. The molecule has 3 amide bonds. The topological polar surface area (TPSA) is 118 Å². The van der Waals surface area contributed by atoms with Gasteiger partial charge in [-0.05, 0) is 53.3 Å². The van der Waals surface area contributed by atoms with E-state index in [0.29, 0.717) is 40.1 Å². The van der Waals surface area contributed by atoms with E-state index in [1.165, 1.54) is 11.3 Å². The maximum absolute atomic E-state index is 13.2. The van der Waals surface area contributed by atoms with Gasteiger partial charge in [-0.15, -0.1) is 11.3 Å². The van der Waals surface area contributed by atoms with E-state index in [2.05, 4.69) is 10.3 Å². The van der Waals surface area contributed by atoms with Gasteiger partial charge in [0.2, 0.25) is 0 Å². The van der Waals surface area contributed by atoms with Crippen LogP contribution in [0.4, 0.5) is 0 Å². The predicted octanol–water partition coefficient (Wildman–Crippen LogP) is 5.18. The van der Waals surface area contributed by atoms with E-state index in [1.807, 2.05) is 12.1 Å². The second kappa shape index (κ2) is 11.6. The number of ether oxygens (including phenoxy) is 1. The average molecular weight is 598 g/mol. The van der Waals surface area contributed by atoms with Crippen LogP contribution in [0.5, 0.6) is 0 Å². The number of thiophene rings is 1. The van der Waals surface area contributed by atoms with Crippen molar-refractivity contribution in [3.63, 3.8) is 0 Å². The first-order valence-corrected chi connectivity index (χ1v) is 13.7. The fourth-order valence-electron chi connectivity index (χ4n) is 4.41. The standard InChI is InChI=1S/C28H21Cl2N3O6S/c1-38-28(37)20(13-31-25(34)22-3-2-10-40-22)32-26(35)23-19(29)11-17-14-33(8-6-18(17)24(23)30)27(36)16-5-4-15-7-9-39-21(15)12-16/h2-5,7,9-13,20H,6,8,14H2,1H3,(H,32,35)/t20-/m0/s1. The number of nitrogens with one attached hydrogen (secondary N) is 1. The third kappa shape index (κ3) is 5.51. The molecular weight excluding hydrogens is 577 g/mol. The maximum Gasteiger partial charge on any atom is 0.334 e. The molecule has 0 unspecified atom stereocenters. The molecule has 0 aliphatic carbocycles. The van der Waals surface area contributed by atoms with Gasteiger partial charge in [-0.25, -0.2) is 9.79 Å². The Morgan fingerprint density at radius 2 is 2.00 bits per heavy atom. The number of esters is 1. The zero-order valence-corrected chi connectivity index (χ0v) is 23.3. The van der Waals surface area contributed by atoms with Gasteiger partial charge in [0.05, 0.1) is 33.9 Å². The molecule has 4 aromatic rings. The van der Waals surface area contributed by atoms with E-state index in [9.17, 15) is 19.2 Å². The summed E-state index contributed by atoms with van der Waals surface area (Å²) < 4.78 is 10.2. The molecule has 12 heteroatoms. The highest BCUT2D eigenvalue weighted by Gasteiger charge is 2.29. The molecule has 40 heavy (non-hydrogen) atoms. The number of carbonyl (C=O) groups excluding carboxylic acids is 4. The first-order chi connectivity index (χ1) is 19.3. The number of furan rings is 1. The van der Waals surface area contributed by atoms with Crippen molar-refractivity contribution in [1.29, 1.82) is 0 Å². The van der Waals surface area contributed by atoms with E-state index in [1.54, 1.807) is 46.9 Å². The summed E-state index contributed by atoms with van der Waals surface area (Å²) in [5.41, 5.74) is 2.47. The first-order valence-electron chi connectivity index (χ1n) is 12.0. The summed E-state index contributed by atoms with van der Waals surface area (Å²) >= 11 is 14.3. The second-order valence-electron chi connectivity index (χ2n) is 8.87. The molecule has 0 bridgehead atoms. The van der Waals surface area contributed by atoms with E-state index in [0.717, 1.165) is 18.7 Å². The number of carbonyl (C=O) groups is 4. The van der Waals surface area contributed by atoms with Gasteiger partial charge in [0.1, 0.15) is 5.58 Å². The van der Waals surface area contributed by atoms with Crippen molar-refractivity contribution in [3.8, 4) is 0 Å². The van der Waals surface area contributed by atoms with E-state index >= 15 is 0 Å². The molecule has 1 N–H and O–H groups in total. The summed E-state index contributed by atoms with van der Waals surface area (Å²) in [4.78, 5) is 56.8. The number of aliphatic imine (C=N–C) groups is 1. The lowest BCUT2D eigenvalue weighted by Gasteiger charge is -2.30. The second-order valence-corrected chi connectivity index (χ2v) is 10.6. The van der Waals surface area contributed by atoms with E-state index in [4.69, 9.17) is 32.4 Å². The number of methoxy groups -OCH3 is 1. The third-order valence-electron chi connectivity index (χ3n) is 6.44. The Labute approximate surface area is 242 Å². The van der Waals surface area contributed by atoms with Crippen LogP contribution in [0.1, 0.15) is 41.5 Å². The molecule has 2 aromatic carbocycles. The van der Waals surface area contributed by atoms with E-state index in [-0.39, 0.29) is 28.1 Å². The van der Waals surface area contributed by atoms with Crippen LogP contribution >= 0.6 is 34.5 Å². The molecule has 204 valence electrons. The summed E-state index contributed by atoms with van der Waals surface area (Å²) in [6.45, 7) is 0.612. The van der Waals surface area contributed by atoms with Crippen LogP contribution in [0.25, 0.3) is 11.0 Å². The SMILES string of the molecule is COC(=O)[C@H](C=NC(=O)c1cccs1)NC(=O)c1c(Cl)cc2c(c1Cl)CCN(C(=O)c1ccc3ccoc3c1)C2. The molecule has 0 saturated heterocycles. The highest BCUT2D eigenvalue weighted by molar-refractivity contribution is 7.12. The van der Waals surface area contributed by atoms with Crippen molar-refractivity contribution in [3.05, 3.63) is 91.3 Å². The van der Waals surface area contributed by atoms with Gasteiger partial charge in [0, 0.05) is 30.3 Å². The van der Waals surface area contributed by atoms with Crippen molar-refractivity contribution in [2.24, 2.45) is 4.99 Å². The van der Waals surface area contributed by atoms with Gasteiger partial charge >= 0.3 is 5.97 Å². The van der Waals surface area contributed by atoms with Crippen LogP contribution in [0.15, 0.2) is 63.5 Å². The van der Waals surface area contributed by atoms with Crippen LogP contribution in [0.2, 0.25) is 10.0 Å². The van der Waals surface area contributed by atoms with Crippen LogP contribution in [-0.4, -0.2) is 54.5 Å². The highest BCUT2D eigenvalue weighted by Crippen LogP contribution is 2.35. The summed E-state index contributed by atoms with van der Waals surface area (Å²) in [5, 5.41) is 5.27. The molecule has 9 nitrogen and oxygen atoms in total. The smallest absolute Gasteiger partial charge is 0.334 e. The monoisotopic (exact) mass is 597 g/mol. The molecule has 0 saturated carbocycles. The van der Waals surface area contributed by atoms with Crippen LogP contribution < -0.4 is 5.32 Å². The van der Waals surface area contributed by atoms with Crippen molar-refractivity contribution in [2.45, 2.75) is 19.0 Å². The fourth-order valence-corrected chi connectivity index (χ4v) is 5.79. The molecule has 1 atom stereocenters. The Kier molecular flexibility index (Phi) is 8.02. The Morgan fingerprint density at radius 3 is 2.75 bits per heavy atom. The van der Waals surface area contributed by atoms with Crippen LogP contribution in [-0.2, 0) is 22.5 Å². The molecule has 0 radical (unpaired) electrons. The average Bonchev–Trinajstić information content (AvgIpc) is 3.66. The highest BCUT2D eigenvalue weighted by atomic mass is 35.5. The summed E-state index contributed by atoms with van der Waals surface area (Å²) in [5.74, 6) is -2.31. The van der Waals surface area contributed by atoms with Crippen LogP contribution in [0, 0.1) is 0 Å². The molecule has 1 aliphatic heterocycles. The summed E-state index contributed by atoms with van der Waals surface area (Å²) in [6, 6.07) is 10.6. The number of halogens is 2. The zero-order valence-electron chi connectivity index (χ0n) is 21.0. The van der Waals surface area contributed by atoms with Gasteiger partial charge in [-0.3, -0.25) is 14.4 Å². The minimum atomic E-state index is -1.36. The summed E-state index contributed by atoms with van der Waals surface area (Å²) in [6.07, 6.45) is 2.96. The Bertz CT molecular complexity index is 1660. The molecular formula is C28H21Cl2N3O6S.